The van der Waals surface area contributed by atoms with Crippen LogP contribution in [0.2, 0.25) is 0 Å². The summed E-state index contributed by atoms with van der Waals surface area (Å²) in [6.45, 7) is 6.63. The number of ether oxygens (including phenoxy) is 4. The van der Waals surface area contributed by atoms with Gasteiger partial charge in [-0.1, -0.05) is 66.5 Å². The lowest BCUT2D eigenvalue weighted by atomic mass is 9.55. The maximum absolute atomic E-state index is 14.3. The summed E-state index contributed by atoms with van der Waals surface area (Å²) in [5, 5.41) is 36.1. The highest BCUT2D eigenvalue weighted by Gasteiger charge is 2.65. The zero-order chi connectivity index (χ0) is 44.3. The predicted molar refractivity (Wildman–Crippen MR) is 236 cm³/mol. The van der Waals surface area contributed by atoms with Crippen LogP contribution >= 0.6 is 0 Å². The topological polar surface area (TPSA) is 175 Å². The Kier molecular flexibility index (Phi) is 14.9. The Hall–Kier alpha value is -6.09. The van der Waals surface area contributed by atoms with Gasteiger partial charge in [-0.3, -0.25) is 15.1 Å². The van der Waals surface area contributed by atoms with Crippen LogP contribution in [0.3, 0.4) is 0 Å². The maximum Gasteiger partial charge on any atom is 0.415 e. The molecule has 0 saturated heterocycles. The lowest BCUT2D eigenvalue weighted by molar-refractivity contribution is -0.384. The van der Waals surface area contributed by atoms with E-state index >= 15 is 0 Å². The van der Waals surface area contributed by atoms with Crippen LogP contribution in [-0.4, -0.2) is 75.5 Å². The Morgan fingerprint density at radius 3 is 2.44 bits per heavy atom. The molecule has 332 valence electrons. The molecule has 0 spiro atoms. The van der Waals surface area contributed by atoms with Crippen LogP contribution in [-0.2, 0) is 22.8 Å². The number of nitro benzene ring substituents is 1. The number of oxime groups is 1. The molecule has 4 aromatic rings. The number of nitro groups is 1. The number of aromatic nitrogens is 1. The number of carbonyl (C=O) groups is 1. The molecular weight excluding hydrogens is 805 g/mol. The zero-order valence-electron chi connectivity index (χ0n) is 35.8. The molecule has 1 aromatic heterocycles. The van der Waals surface area contributed by atoms with E-state index in [9.17, 15) is 25.1 Å². The minimum absolute atomic E-state index is 0.00893. The second-order valence-corrected chi connectivity index (χ2v) is 16.3. The highest BCUT2D eigenvalue weighted by Crippen LogP contribution is 2.62. The minimum atomic E-state index is -1.50. The van der Waals surface area contributed by atoms with Gasteiger partial charge in [0, 0.05) is 56.0 Å². The number of aliphatic hydroxyl groups is 2. The fourth-order valence-corrected chi connectivity index (χ4v) is 9.35. The largest absolute Gasteiger partial charge is 0.487 e. The van der Waals surface area contributed by atoms with Crippen LogP contribution < -0.4 is 14.2 Å². The van der Waals surface area contributed by atoms with Crippen LogP contribution in [0.1, 0.15) is 73.4 Å². The SMILES string of the molecule is C=CCO[C@@]12Oc3ccc(OCc4cccc(C)n4)cc3[C@H]3[C@H](CCCCO)[C@@H](CCCCO)C=C(C(=NOCc4ccccc4)C[C@@H]1N(C)C(=O)Oc1ccc([N+](=O)[O-])cc1)[C@H]32. The van der Waals surface area contributed by atoms with Crippen molar-refractivity contribution in [1.29, 1.82) is 0 Å². The fraction of sp³-hybridized carbons (Fsp3) is 0.408. The summed E-state index contributed by atoms with van der Waals surface area (Å²) in [5.41, 5.74) is 4.92. The number of hydrogen-bond donors (Lipinski definition) is 2. The number of aryl methyl sites for hydroxylation is 1. The Bertz CT molecular complexity index is 2270. The van der Waals surface area contributed by atoms with Crippen molar-refractivity contribution >= 4 is 17.5 Å². The number of unbranched alkanes of at least 4 members (excludes halogenated alkanes) is 2. The average molecular weight is 861 g/mol. The highest BCUT2D eigenvalue weighted by molar-refractivity contribution is 6.03. The number of hydrogen-bond acceptors (Lipinski definition) is 12. The van der Waals surface area contributed by atoms with E-state index in [0.29, 0.717) is 30.1 Å². The zero-order valence-corrected chi connectivity index (χ0v) is 35.8. The van der Waals surface area contributed by atoms with Gasteiger partial charge in [0.25, 0.3) is 5.69 Å². The van der Waals surface area contributed by atoms with Gasteiger partial charge in [0.1, 0.15) is 36.5 Å². The van der Waals surface area contributed by atoms with Crippen molar-refractivity contribution < 1.29 is 43.7 Å². The maximum atomic E-state index is 14.3. The monoisotopic (exact) mass is 860 g/mol. The van der Waals surface area contributed by atoms with Gasteiger partial charge in [-0.25, -0.2) is 4.79 Å². The van der Waals surface area contributed by atoms with Crippen LogP contribution in [0.15, 0.2) is 120 Å². The van der Waals surface area contributed by atoms with Gasteiger partial charge in [-0.2, -0.15) is 0 Å². The molecule has 14 nitrogen and oxygen atoms in total. The molecule has 2 N–H and O–H groups in total. The molecule has 1 aliphatic heterocycles. The first-order chi connectivity index (χ1) is 30.6. The van der Waals surface area contributed by atoms with Gasteiger partial charge in [0.05, 0.1) is 28.9 Å². The molecule has 2 aliphatic carbocycles. The number of amides is 1. The van der Waals surface area contributed by atoms with E-state index in [2.05, 4.69) is 17.6 Å². The van der Waals surface area contributed by atoms with Crippen LogP contribution in [0.25, 0.3) is 0 Å². The number of pyridine rings is 1. The summed E-state index contributed by atoms with van der Waals surface area (Å²) in [6, 6.07) is 25.8. The molecule has 1 saturated carbocycles. The van der Waals surface area contributed by atoms with Crippen molar-refractivity contribution in [3.05, 3.63) is 148 Å². The quantitative estimate of drug-likeness (QED) is 0.0376. The number of aliphatic hydroxyl groups excluding tert-OH is 2. The Morgan fingerprint density at radius 1 is 0.984 bits per heavy atom. The number of nitrogens with zero attached hydrogens (tertiary/aromatic N) is 4. The third kappa shape index (κ3) is 10.2. The van der Waals surface area contributed by atoms with Crippen LogP contribution in [0.5, 0.6) is 17.2 Å². The second kappa shape index (κ2) is 20.9. The summed E-state index contributed by atoms with van der Waals surface area (Å²) < 4.78 is 26.5. The van der Waals surface area contributed by atoms with Crippen molar-refractivity contribution in [3.63, 3.8) is 0 Å². The van der Waals surface area contributed by atoms with Gasteiger partial charge in [-0.05, 0) is 98.0 Å². The minimum Gasteiger partial charge on any atom is -0.487 e. The average Bonchev–Trinajstić information content (AvgIpc) is 3.29. The van der Waals surface area contributed by atoms with Crippen molar-refractivity contribution in [2.24, 2.45) is 22.9 Å². The summed E-state index contributed by atoms with van der Waals surface area (Å²) >= 11 is 0. The highest BCUT2D eigenvalue weighted by atomic mass is 16.7. The van der Waals surface area contributed by atoms with Crippen molar-refractivity contribution in [1.82, 2.24) is 9.88 Å². The first-order valence-electron chi connectivity index (χ1n) is 21.6. The molecule has 7 rings (SSSR count). The molecule has 0 unspecified atom stereocenters. The van der Waals surface area contributed by atoms with E-state index in [4.69, 9.17) is 28.9 Å². The van der Waals surface area contributed by atoms with Gasteiger partial charge < -0.3 is 38.9 Å². The summed E-state index contributed by atoms with van der Waals surface area (Å²) in [5.74, 6) is -0.921. The number of allylic oxidation sites excluding steroid dienone is 1. The number of carbonyl (C=O) groups excluding carboxylic acids is 1. The molecule has 63 heavy (non-hydrogen) atoms. The first kappa shape index (κ1) is 44.9. The number of non-ortho nitro benzene ring substituents is 1. The molecule has 3 aromatic carbocycles. The van der Waals surface area contributed by atoms with Crippen LogP contribution in [0.4, 0.5) is 10.5 Å². The van der Waals surface area contributed by atoms with Crippen molar-refractivity contribution in [2.75, 3.05) is 26.9 Å². The number of likely N-dealkylation sites (N-methyl/N-ethyl adjacent to an activating group) is 1. The van der Waals surface area contributed by atoms with E-state index in [1.54, 1.807) is 13.1 Å². The molecule has 0 bridgehead atoms. The fourth-order valence-electron chi connectivity index (χ4n) is 9.35. The molecule has 6 atom stereocenters. The van der Waals surface area contributed by atoms with E-state index in [-0.39, 0.29) is 68.6 Å². The third-order valence-electron chi connectivity index (χ3n) is 12.2. The molecule has 2 heterocycles. The molecule has 1 amide bonds. The first-order valence-corrected chi connectivity index (χ1v) is 21.6. The molecule has 3 aliphatic rings. The second-order valence-electron chi connectivity index (χ2n) is 16.3. The predicted octanol–water partition coefficient (Wildman–Crippen LogP) is 8.84. The summed E-state index contributed by atoms with van der Waals surface area (Å²) in [4.78, 5) is 37.4. The molecule has 14 heteroatoms. The third-order valence-corrected chi connectivity index (χ3v) is 12.2. The van der Waals surface area contributed by atoms with Gasteiger partial charge in [0.15, 0.2) is 0 Å². The van der Waals surface area contributed by atoms with Crippen molar-refractivity contribution in [2.45, 2.75) is 82.8 Å². The van der Waals surface area contributed by atoms with E-state index in [0.717, 1.165) is 53.8 Å². The van der Waals surface area contributed by atoms with Crippen molar-refractivity contribution in [3.8, 4) is 17.2 Å². The smallest absolute Gasteiger partial charge is 0.415 e. The Morgan fingerprint density at radius 2 is 1.73 bits per heavy atom. The van der Waals surface area contributed by atoms with E-state index in [1.807, 2.05) is 73.7 Å². The number of benzene rings is 3. The molecular formula is C49H56N4O10. The lowest BCUT2D eigenvalue weighted by Gasteiger charge is -2.59. The van der Waals surface area contributed by atoms with Crippen LogP contribution in [0, 0.1) is 34.8 Å². The van der Waals surface area contributed by atoms with E-state index in [1.165, 1.54) is 29.2 Å². The number of rotatable bonds is 20. The van der Waals surface area contributed by atoms with Gasteiger partial charge in [0.2, 0.25) is 5.79 Å². The van der Waals surface area contributed by atoms with E-state index < -0.39 is 28.8 Å². The molecule has 0 radical (unpaired) electrons. The standard InChI is InChI=1S/C49H56N4O10/c1-4-27-60-49-45(52(3)48(56)62-38-21-19-37(20-22-38)53(57)58)30-43(51-61-31-34-14-6-5-7-15-34)41-28-35(16-8-10-25-54)40(18-9-11-26-55)46(47(41)49)42-29-39(23-24-44(42)63-49)59-32-36-17-12-13-33(2)50-36/h4-7,12-15,17,19-24,28-29,35,40,45-47,54-55H,1,8-11,16,18,25-27,30-32H2,2-3H3/t35-,40+,45-,46+,47+,49+/m0/s1. The Labute approximate surface area is 367 Å². The summed E-state index contributed by atoms with van der Waals surface area (Å²) in [7, 11) is 1.62. The normalized spacial score (nSPS) is 22.8. The molecule has 1 fully saturated rings. The Balaban J connectivity index is 1.37. The number of fused-ring (bicyclic) bond motifs is 2. The summed E-state index contributed by atoms with van der Waals surface area (Å²) in [6.07, 6.45) is 7.76. The van der Waals surface area contributed by atoms with Gasteiger partial charge >= 0.3 is 6.09 Å². The van der Waals surface area contributed by atoms with Gasteiger partial charge in [-0.15, -0.1) is 6.58 Å². The lowest BCUT2D eigenvalue weighted by Crippen LogP contribution is -2.69.